The molecule has 0 fully saturated rings. The summed E-state index contributed by atoms with van der Waals surface area (Å²) in [6, 6.07) is 6.44. The summed E-state index contributed by atoms with van der Waals surface area (Å²) in [6.07, 6.45) is 4.15. The third-order valence-electron chi connectivity index (χ3n) is 5.43. The Labute approximate surface area is 183 Å². The topological polar surface area (TPSA) is 83.8 Å². The molecule has 2 bridgehead atoms. The molecular formula is C22H20ClFN6O. The molecule has 0 saturated heterocycles. The van der Waals surface area contributed by atoms with E-state index in [1.54, 1.807) is 16.9 Å². The van der Waals surface area contributed by atoms with Crippen LogP contribution in [0.1, 0.15) is 23.6 Å². The number of rotatable bonds is 1. The molecule has 1 aliphatic rings. The Bertz CT molecular complexity index is 1310. The summed E-state index contributed by atoms with van der Waals surface area (Å²) in [5.74, 6) is 0.328. The first-order valence-corrected chi connectivity index (χ1v) is 10.3. The van der Waals surface area contributed by atoms with Gasteiger partial charge in [-0.3, -0.25) is 9.36 Å². The number of halogens is 2. The van der Waals surface area contributed by atoms with E-state index in [0.29, 0.717) is 29.4 Å². The molecular weight excluding hydrogens is 419 g/mol. The minimum atomic E-state index is -0.346. The van der Waals surface area contributed by atoms with E-state index in [4.69, 9.17) is 22.1 Å². The predicted molar refractivity (Wildman–Crippen MR) is 116 cm³/mol. The first-order valence-electron chi connectivity index (χ1n) is 9.89. The van der Waals surface area contributed by atoms with E-state index < -0.39 is 0 Å². The van der Waals surface area contributed by atoms with Crippen molar-refractivity contribution in [2.45, 2.75) is 26.5 Å². The van der Waals surface area contributed by atoms with Crippen LogP contribution in [0.5, 0.6) is 5.75 Å². The Morgan fingerprint density at radius 3 is 2.87 bits per heavy atom. The summed E-state index contributed by atoms with van der Waals surface area (Å²) in [5, 5.41) is 9.60. The van der Waals surface area contributed by atoms with Gasteiger partial charge >= 0.3 is 0 Å². The summed E-state index contributed by atoms with van der Waals surface area (Å²) in [5.41, 5.74) is 11.8. The Morgan fingerprint density at radius 2 is 2.06 bits per heavy atom. The third-order valence-corrected chi connectivity index (χ3v) is 5.74. The lowest BCUT2D eigenvalue weighted by molar-refractivity contribution is 0.307. The van der Waals surface area contributed by atoms with Crippen molar-refractivity contribution in [3.8, 4) is 28.3 Å². The number of nitrogen functional groups attached to an aromatic ring is 1. The molecule has 0 amide bonds. The fraction of sp³-hybridized carbons (Fsp3) is 0.227. The van der Waals surface area contributed by atoms with Crippen LogP contribution >= 0.6 is 11.6 Å². The van der Waals surface area contributed by atoms with E-state index in [1.807, 2.05) is 30.9 Å². The van der Waals surface area contributed by atoms with Crippen molar-refractivity contribution in [1.82, 2.24) is 24.5 Å². The van der Waals surface area contributed by atoms with Gasteiger partial charge < -0.3 is 10.5 Å². The molecule has 1 aromatic carbocycles. The lowest BCUT2D eigenvalue weighted by Crippen LogP contribution is -2.06. The molecule has 4 heterocycles. The number of hydrogen-bond acceptors (Lipinski definition) is 5. The number of hydrogen-bond donors (Lipinski definition) is 1. The van der Waals surface area contributed by atoms with Gasteiger partial charge in [-0.2, -0.15) is 10.2 Å². The highest BCUT2D eigenvalue weighted by Gasteiger charge is 2.24. The van der Waals surface area contributed by atoms with E-state index in [1.165, 1.54) is 12.1 Å². The van der Waals surface area contributed by atoms with Gasteiger partial charge in [0.05, 0.1) is 11.4 Å². The summed E-state index contributed by atoms with van der Waals surface area (Å²) >= 11 is 6.59. The summed E-state index contributed by atoms with van der Waals surface area (Å²) < 4.78 is 23.7. The van der Waals surface area contributed by atoms with Crippen LogP contribution in [0.25, 0.3) is 22.5 Å². The SMILES string of the molecule is CCn1nc(Cl)c2c1-c1cnc(N)c(c1)OCc1cc(F)ccc1-c1nn(C)cc1C2. The molecule has 2 N–H and O–H groups in total. The van der Waals surface area contributed by atoms with Gasteiger partial charge in [-0.1, -0.05) is 11.6 Å². The molecule has 7 nitrogen and oxygen atoms in total. The highest BCUT2D eigenvalue weighted by Crippen LogP contribution is 2.37. The summed E-state index contributed by atoms with van der Waals surface area (Å²) in [6.45, 7) is 2.76. The maximum Gasteiger partial charge on any atom is 0.166 e. The maximum absolute atomic E-state index is 14.1. The Hall–Kier alpha value is -3.39. The van der Waals surface area contributed by atoms with Crippen molar-refractivity contribution in [1.29, 1.82) is 0 Å². The van der Waals surface area contributed by atoms with Crippen LogP contribution in [-0.2, 0) is 26.6 Å². The second-order valence-corrected chi connectivity index (χ2v) is 7.84. The molecule has 5 rings (SSSR count). The lowest BCUT2D eigenvalue weighted by atomic mass is 9.97. The standard InChI is InChI=1S/C22H20ClFN6O/c1-3-30-20-12-8-18(22(25)26-9-12)31-11-14-6-15(24)4-5-16(14)19-13(10-29(2)27-19)7-17(20)21(23)28-30/h4-6,8-10H,3,7,11H2,1-2H3,(H2,25,26). The number of pyridine rings is 1. The number of aromatic nitrogens is 5. The summed E-state index contributed by atoms with van der Waals surface area (Å²) in [7, 11) is 1.86. The Morgan fingerprint density at radius 1 is 1.23 bits per heavy atom. The first-order chi connectivity index (χ1) is 14.9. The van der Waals surface area contributed by atoms with Crippen LogP contribution in [0.4, 0.5) is 10.2 Å². The monoisotopic (exact) mass is 438 g/mol. The fourth-order valence-corrected chi connectivity index (χ4v) is 4.28. The highest BCUT2D eigenvalue weighted by atomic mass is 35.5. The smallest absolute Gasteiger partial charge is 0.166 e. The fourth-order valence-electron chi connectivity index (χ4n) is 4.03. The average molecular weight is 439 g/mol. The van der Waals surface area contributed by atoms with Crippen LogP contribution in [0.2, 0.25) is 5.15 Å². The van der Waals surface area contributed by atoms with Gasteiger partial charge in [0, 0.05) is 60.2 Å². The Balaban J connectivity index is 1.81. The normalized spacial score (nSPS) is 12.8. The molecule has 0 unspecified atom stereocenters. The van der Waals surface area contributed by atoms with Crippen LogP contribution in [0.3, 0.4) is 0 Å². The summed E-state index contributed by atoms with van der Waals surface area (Å²) in [4.78, 5) is 4.31. The minimum Gasteiger partial charge on any atom is -0.485 e. The lowest BCUT2D eigenvalue weighted by Gasteiger charge is -2.16. The maximum atomic E-state index is 14.1. The van der Waals surface area contributed by atoms with E-state index >= 15 is 0 Å². The van der Waals surface area contributed by atoms with Crippen LogP contribution in [0, 0.1) is 5.82 Å². The Kier molecular flexibility index (Phi) is 4.66. The first kappa shape index (κ1) is 19.6. The number of aryl methyl sites for hydroxylation is 2. The molecule has 0 atom stereocenters. The van der Waals surface area contributed by atoms with Gasteiger partial charge in [0.25, 0.3) is 0 Å². The number of nitrogens with two attached hydrogens (primary N) is 1. The highest BCUT2D eigenvalue weighted by molar-refractivity contribution is 6.30. The molecule has 0 aliphatic carbocycles. The number of benzene rings is 1. The van der Waals surface area contributed by atoms with E-state index in [0.717, 1.165) is 33.6 Å². The quantitative estimate of drug-likeness (QED) is 0.481. The predicted octanol–water partition coefficient (Wildman–Crippen LogP) is 4.22. The van der Waals surface area contributed by atoms with Crippen molar-refractivity contribution in [2.75, 3.05) is 5.73 Å². The van der Waals surface area contributed by atoms with Gasteiger partial charge in [-0.05, 0) is 31.2 Å². The zero-order valence-electron chi connectivity index (χ0n) is 17.1. The minimum absolute atomic E-state index is 0.124. The zero-order chi connectivity index (χ0) is 21.7. The van der Waals surface area contributed by atoms with Gasteiger partial charge in [0.15, 0.2) is 16.7 Å². The van der Waals surface area contributed by atoms with Crippen molar-refractivity contribution < 1.29 is 9.13 Å². The van der Waals surface area contributed by atoms with Crippen molar-refractivity contribution in [3.05, 3.63) is 64.3 Å². The molecule has 1 aliphatic heterocycles. The van der Waals surface area contributed by atoms with Crippen LogP contribution in [0.15, 0.2) is 36.7 Å². The molecule has 9 heteroatoms. The number of nitrogens with zero attached hydrogens (tertiary/aromatic N) is 5. The molecule has 4 aromatic rings. The van der Waals surface area contributed by atoms with Crippen molar-refractivity contribution in [2.24, 2.45) is 7.05 Å². The van der Waals surface area contributed by atoms with Crippen LogP contribution < -0.4 is 10.5 Å². The zero-order valence-corrected chi connectivity index (χ0v) is 17.8. The second kappa shape index (κ2) is 7.39. The van der Waals surface area contributed by atoms with Crippen molar-refractivity contribution in [3.63, 3.8) is 0 Å². The molecule has 0 radical (unpaired) electrons. The van der Waals surface area contributed by atoms with Gasteiger partial charge in [0.2, 0.25) is 0 Å². The number of fused-ring (bicyclic) bond motifs is 7. The third kappa shape index (κ3) is 3.33. The van der Waals surface area contributed by atoms with E-state index in [9.17, 15) is 4.39 Å². The van der Waals surface area contributed by atoms with Crippen molar-refractivity contribution >= 4 is 17.4 Å². The van der Waals surface area contributed by atoms with Gasteiger partial charge in [-0.25, -0.2) is 9.37 Å². The molecule has 0 spiro atoms. The van der Waals surface area contributed by atoms with Gasteiger partial charge in [-0.15, -0.1) is 0 Å². The van der Waals surface area contributed by atoms with Crippen LogP contribution in [-0.4, -0.2) is 24.5 Å². The average Bonchev–Trinajstić information content (AvgIpc) is 3.26. The number of ether oxygens (including phenoxy) is 1. The van der Waals surface area contributed by atoms with E-state index in [-0.39, 0.29) is 18.2 Å². The molecule has 0 saturated carbocycles. The largest absolute Gasteiger partial charge is 0.485 e. The molecule has 158 valence electrons. The molecule has 31 heavy (non-hydrogen) atoms. The van der Waals surface area contributed by atoms with Gasteiger partial charge in [0.1, 0.15) is 12.4 Å². The number of anilines is 1. The van der Waals surface area contributed by atoms with E-state index in [2.05, 4.69) is 15.2 Å². The molecule has 3 aromatic heterocycles. The second-order valence-electron chi connectivity index (χ2n) is 7.48.